The molecule has 0 saturated heterocycles. The van der Waals surface area contributed by atoms with E-state index in [0.29, 0.717) is 48.0 Å². The maximum atomic E-state index is 9.41. The first kappa shape index (κ1) is 13.8. The summed E-state index contributed by atoms with van der Waals surface area (Å²) >= 11 is 0. The van der Waals surface area contributed by atoms with Crippen LogP contribution >= 0.6 is 0 Å². The summed E-state index contributed by atoms with van der Waals surface area (Å²) in [6.45, 7) is 0. The zero-order valence-corrected chi connectivity index (χ0v) is 21.2. The molecule has 0 aliphatic heterocycles. The Hall–Kier alpha value is -4.10. The van der Waals surface area contributed by atoms with Gasteiger partial charge in [0.05, 0.1) is 13.7 Å². The predicted octanol–water partition coefficient (Wildman–Crippen LogP) is 8.06. The largest absolute Gasteiger partial charge is 0.460 e. The lowest BCUT2D eigenvalue weighted by Crippen LogP contribution is -2.40. The quantitative estimate of drug-likeness (QED) is 0.343. The second-order valence-corrected chi connectivity index (χ2v) is 10.2. The van der Waals surface area contributed by atoms with Crippen molar-refractivity contribution in [3.05, 3.63) is 147 Å². The van der Waals surface area contributed by atoms with Crippen molar-refractivity contribution in [2.45, 2.75) is 38.5 Å². The lowest BCUT2D eigenvalue weighted by molar-refractivity contribution is 0.543. The molecule has 39 heavy (non-hydrogen) atoms. The Labute approximate surface area is 246 Å². The summed E-state index contributed by atoms with van der Waals surface area (Å²) in [7, 11) is 0. The van der Waals surface area contributed by atoms with Crippen molar-refractivity contribution in [2.75, 3.05) is 0 Å². The van der Waals surface area contributed by atoms with Crippen LogP contribution in [0.3, 0.4) is 0 Å². The maximum absolute atomic E-state index is 9.41. The number of hydrogen-bond donors (Lipinski definition) is 0. The molecule has 0 amide bonds. The van der Waals surface area contributed by atoms with Crippen LogP contribution in [0.1, 0.15) is 59.8 Å². The molecule has 1 aromatic heterocycles. The van der Waals surface area contributed by atoms with Gasteiger partial charge in [0.2, 0.25) is 0 Å². The van der Waals surface area contributed by atoms with Crippen LogP contribution in [0.2, 0.25) is 0 Å². The van der Waals surface area contributed by atoms with Crippen molar-refractivity contribution < 1.29 is 20.9 Å². The van der Waals surface area contributed by atoms with E-state index >= 15 is 0 Å². The lowest BCUT2D eigenvalue weighted by atomic mass is 9.68. The topological polar surface area (TPSA) is 13.1 Å². The first-order valence-corrected chi connectivity index (χ1v) is 13.4. The summed E-state index contributed by atoms with van der Waals surface area (Å²) in [5.41, 5.74) is 3.24. The third-order valence-electron chi connectivity index (χ3n) is 8.09. The minimum atomic E-state index is -1.48. The van der Waals surface area contributed by atoms with Crippen LogP contribution in [0, 0.1) is 11.8 Å². The van der Waals surface area contributed by atoms with Crippen LogP contribution in [0.15, 0.2) is 130 Å². The Morgan fingerprint density at radius 1 is 0.795 bits per heavy atom. The lowest BCUT2D eigenvalue weighted by Gasteiger charge is -2.36. The third kappa shape index (κ3) is 3.75. The van der Waals surface area contributed by atoms with Crippen molar-refractivity contribution in [2.24, 2.45) is 11.8 Å². The van der Waals surface area contributed by atoms with Crippen molar-refractivity contribution in [3.8, 4) is 0 Å². The molecule has 0 radical (unpaired) electrons. The van der Waals surface area contributed by atoms with Gasteiger partial charge in [0.1, 0.15) is 11.3 Å². The molecular formula is C38H32O. The summed E-state index contributed by atoms with van der Waals surface area (Å²) in [5.74, 6) is -1.71. The molecule has 1 nitrogen and oxygen atoms in total. The molecule has 4 atom stereocenters. The molecule has 5 aliphatic carbocycles. The number of fused-ring (bicyclic) bond motifs is 5. The van der Waals surface area contributed by atoms with Crippen molar-refractivity contribution in [1.29, 1.82) is 0 Å². The zero-order chi connectivity index (χ0) is 36.2. The van der Waals surface area contributed by atoms with E-state index in [-0.39, 0.29) is 45.3 Å². The minimum absolute atomic E-state index is 0.0211. The first-order valence-electron chi connectivity index (χ1n) is 19.5. The van der Waals surface area contributed by atoms with E-state index in [1.807, 2.05) is 42.5 Å². The number of aryl methyl sites for hydroxylation is 1. The molecule has 0 saturated carbocycles. The van der Waals surface area contributed by atoms with Gasteiger partial charge < -0.3 is 4.42 Å². The second-order valence-electron chi connectivity index (χ2n) is 10.2. The van der Waals surface area contributed by atoms with Gasteiger partial charge in [-0.15, -0.1) is 0 Å². The molecule has 8 rings (SSSR count). The third-order valence-corrected chi connectivity index (χ3v) is 8.09. The molecule has 5 aliphatic rings. The fraction of sp³-hybridized carbons (Fsp3) is 0.211. The van der Waals surface area contributed by atoms with E-state index < -0.39 is 67.0 Å². The molecule has 3 aromatic rings. The Bertz CT molecular complexity index is 2470. The van der Waals surface area contributed by atoms with E-state index in [4.69, 9.17) is 11.3 Å². The van der Waals surface area contributed by atoms with Crippen molar-refractivity contribution in [3.63, 3.8) is 0 Å². The van der Waals surface area contributed by atoms with Crippen LogP contribution in [-0.4, -0.2) is 0 Å². The Kier molecular flexibility index (Phi) is 3.28. The zero-order valence-electron chi connectivity index (χ0n) is 33.2. The Morgan fingerprint density at radius 3 is 2.33 bits per heavy atom. The summed E-state index contributed by atoms with van der Waals surface area (Å²) in [6, 6.07) is 3.19. The van der Waals surface area contributed by atoms with E-state index in [2.05, 4.69) is 0 Å². The number of rotatable bonds is 3. The van der Waals surface area contributed by atoms with Gasteiger partial charge in [-0.05, 0) is 88.1 Å². The average molecular weight is 517 g/mol. The van der Waals surface area contributed by atoms with Gasteiger partial charge in [0.25, 0.3) is 0 Å². The number of hydrogen-bond acceptors (Lipinski definition) is 1. The number of furan rings is 1. The van der Waals surface area contributed by atoms with Gasteiger partial charge >= 0.3 is 0 Å². The standard InChI is InChI=1S/C38H32O/c1-2-10-25(11-3-1)26-18-20-27(21-19-26)37-30-13-4-6-15-32(30)38(33-16-7-5-14-31(33)37)28-22-23-36-34(24-28)29-12-8-9-17-35(29)39-36/h1-2,4-10,12-18,20,24,30,32H,3,11,19,21-23H2/i4D,5D,6D,7D,13D,14D,15D,16D,18D,19D,20D,21D. The summed E-state index contributed by atoms with van der Waals surface area (Å²) < 4.78 is 115. The normalized spacial score (nSPS) is 33.1. The molecule has 1 heterocycles. The second kappa shape index (κ2) is 9.27. The number of allylic oxidation sites excluding steroid dienone is 13. The summed E-state index contributed by atoms with van der Waals surface area (Å²) in [6.07, 6.45) is 6.69. The van der Waals surface area contributed by atoms with Crippen LogP contribution in [0.25, 0.3) is 28.2 Å². The van der Waals surface area contributed by atoms with Gasteiger partial charge in [0.15, 0.2) is 0 Å². The van der Waals surface area contributed by atoms with Crippen LogP contribution < -0.4 is 10.4 Å². The first-order chi connectivity index (χ1) is 24.3. The maximum Gasteiger partial charge on any atom is 0.134 e. The monoisotopic (exact) mass is 516 g/mol. The molecule has 190 valence electrons. The van der Waals surface area contributed by atoms with Gasteiger partial charge in [-0.25, -0.2) is 0 Å². The minimum Gasteiger partial charge on any atom is -0.460 e. The molecule has 0 fully saturated rings. The number of para-hydroxylation sites is 1. The Balaban J connectivity index is 1.56. The predicted molar refractivity (Wildman–Crippen MR) is 162 cm³/mol. The van der Waals surface area contributed by atoms with Crippen LogP contribution in [0.4, 0.5) is 0 Å². The molecule has 1 heteroatoms. The summed E-state index contributed by atoms with van der Waals surface area (Å²) in [4.78, 5) is 0. The molecular weight excluding hydrogens is 472 g/mol. The molecule has 0 N–H and O–H groups in total. The van der Waals surface area contributed by atoms with E-state index in [1.54, 1.807) is 6.08 Å². The van der Waals surface area contributed by atoms with Crippen LogP contribution in [0.5, 0.6) is 0 Å². The van der Waals surface area contributed by atoms with E-state index in [9.17, 15) is 9.60 Å². The molecule has 4 unspecified atom stereocenters. The highest BCUT2D eigenvalue weighted by Crippen LogP contribution is 2.45. The Morgan fingerprint density at radius 2 is 1.54 bits per heavy atom. The SMILES string of the molecule is [2H]C1=C(C2=CC=CCC2)C([2H])C([2H])C(C2=c3c([2H])c([2H])c([2H])c([2H])c3=C(C3=Cc4c(oc5ccccc45)CC3)C3C([2H])=C([2H])C([2H])=C([2H])C23)=C1[2H]. The number of benzene rings is 2. The van der Waals surface area contributed by atoms with E-state index in [0.717, 1.165) is 16.7 Å². The van der Waals surface area contributed by atoms with Crippen molar-refractivity contribution >= 4 is 28.2 Å². The van der Waals surface area contributed by atoms with Gasteiger partial charge in [-0.1, -0.05) is 96.9 Å². The fourth-order valence-corrected chi connectivity index (χ4v) is 6.29. The average Bonchev–Trinajstić information content (AvgIpc) is 3.51. The highest BCUT2D eigenvalue weighted by molar-refractivity contribution is 5.93. The van der Waals surface area contributed by atoms with Crippen molar-refractivity contribution in [1.82, 2.24) is 0 Å². The van der Waals surface area contributed by atoms with Crippen LogP contribution in [-0.2, 0) is 6.42 Å². The van der Waals surface area contributed by atoms with Gasteiger partial charge in [-0.3, -0.25) is 0 Å². The highest BCUT2D eigenvalue weighted by atomic mass is 16.3. The van der Waals surface area contributed by atoms with E-state index in [1.165, 1.54) is 0 Å². The van der Waals surface area contributed by atoms with Gasteiger partial charge in [-0.2, -0.15) is 0 Å². The summed E-state index contributed by atoms with van der Waals surface area (Å²) in [5, 5.41) is 0.842. The molecule has 0 spiro atoms. The highest BCUT2D eigenvalue weighted by Gasteiger charge is 2.34. The molecule has 0 bridgehead atoms. The van der Waals surface area contributed by atoms with Gasteiger partial charge in [0, 0.05) is 31.9 Å². The molecule has 2 aromatic carbocycles. The smallest absolute Gasteiger partial charge is 0.134 e. The fourth-order valence-electron chi connectivity index (χ4n) is 6.29.